The van der Waals surface area contributed by atoms with Crippen molar-refractivity contribution in [3.05, 3.63) is 34.5 Å². The van der Waals surface area contributed by atoms with Gasteiger partial charge >= 0.3 is 0 Å². The summed E-state index contributed by atoms with van der Waals surface area (Å²) < 4.78 is 8.08. The van der Waals surface area contributed by atoms with Gasteiger partial charge in [0.15, 0.2) is 10.2 Å². The summed E-state index contributed by atoms with van der Waals surface area (Å²) >= 11 is 8.61. The van der Waals surface area contributed by atoms with E-state index in [4.69, 9.17) is 11.6 Å². The van der Waals surface area contributed by atoms with E-state index in [0.717, 1.165) is 16.8 Å². The van der Waals surface area contributed by atoms with Crippen LogP contribution < -0.4 is 0 Å². The number of nitrogens with zero attached hydrogens (tertiary/aromatic N) is 2. The SMILES string of the molecule is Cc1ccc(C)c(Sc2nsnc2Cl)c1. The molecule has 0 amide bonds. The normalized spacial score (nSPS) is 10.6. The van der Waals surface area contributed by atoms with Gasteiger partial charge < -0.3 is 0 Å². The van der Waals surface area contributed by atoms with Crippen molar-refractivity contribution in [2.45, 2.75) is 23.8 Å². The van der Waals surface area contributed by atoms with Crippen LogP contribution in [0.3, 0.4) is 0 Å². The van der Waals surface area contributed by atoms with E-state index in [1.807, 2.05) is 0 Å². The van der Waals surface area contributed by atoms with Crippen LogP contribution >= 0.6 is 35.1 Å². The van der Waals surface area contributed by atoms with Crippen molar-refractivity contribution in [2.24, 2.45) is 0 Å². The van der Waals surface area contributed by atoms with E-state index >= 15 is 0 Å². The summed E-state index contributed by atoms with van der Waals surface area (Å²) in [5, 5.41) is 1.28. The first-order valence-electron chi connectivity index (χ1n) is 4.40. The number of halogens is 1. The number of benzene rings is 1. The molecule has 0 saturated carbocycles. The predicted octanol–water partition coefficient (Wildman–Crippen LogP) is 3.96. The second-order valence-electron chi connectivity index (χ2n) is 3.23. The first kappa shape index (κ1) is 10.9. The summed E-state index contributed by atoms with van der Waals surface area (Å²) in [5.74, 6) is 0. The molecule has 1 aromatic carbocycles. The topological polar surface area (TPSA) is 25.8 Å². The van der Waals surface area contributed by atoms with E-state index in [0.29, 0.717) is 5.15 Å². The van der Waals surface area contributed by atoms with E-state index in [1.165, 1.54) is 16.0 Å². The highest BCUT2D eigenvalue weighted by molar-refractivity contribution is 7.99. The number of aryl methyl sites for hydroxylation is 2. The van der Waals surface area contributed by atoms with Gasteiger partial charge in [0.2, 0.25) is 0 Å². The first-order chi connectivity index (χ1) is 7.16. The Morgan fingerprint density at radius 1 is 1.27 bits per heavy atom. The molecule has 2 rings (SSSR count). The minimum absolute atomic E-state index is 0.492. The molecule has 0 radical (unpaired) electrons. The third kappa shape index (κ3) is 2.51. The van der Waals surface area contributed by atoms with Gasteiger partial charge in [-0.2, -0.15) is 8.75 Å². The Labute approximate surface area is 102 Å². The summed E-state index contributed by atoms with van der Waals surface area (Å²) in [6.07, 6.45) is 0. The predicted molar refractivity (Wildman–Crippen MR) is 65.0 cm³/mol. The maximum Gasteiger partial charge on any atom is 0.177 e. The molecule has 0 bridgehead atoms. The Balaban J connectivity index is 2.32. The molecule has 0 N–H and O–H groups in total. The standard InChI is InChI=1S/C10H9ClN2S2/c1-6-3-4-7(2)8(5-6)14-10-9(11)12-15-13-10/h3-5H,1-2H3. The summed E-state index contributed by atoms with van der Waals surface area (Å²) in [4.78, 5) is 1.18. The van der Waals surface area contributed by atoms with Crippen molar-refractivity contribution >= 4 is 35.1 Å². The van der Waals surface area contributed by atoms with E-state index < -0.39 is 0 Å². The first-order valence-corrected chi connectivity index (χ1v) is 6.32. The van der Waals surface area contributed by atoms with Crippen LogP contribution in [0, 0.1) is 13.8 Å². The minimum atomic E-state index is 0.492. The molecule has 0 saturated heterocycles. The highest BCUT2D eigenvalue weighted by Gasteiger charge is 2.09. The Morgan fingerprint density at radius 2 is 2.07 bits per heavy atom. The molecule has 0 fully saturated rings. The maximum absolute atomic E-state index is 5.90. The molecule has 1 aromatic heterocycles. The molecule has 1 heterocycles. The summed E-state index contributed by atoms with van der Waals surface area (Å²) in [7, 11) is 0. The molecule has 78 valence electrons. The average Bonchev–Trinajstić information content (AvgIpc) is 2.58. The van der Waals surface area contributed by atoms with Crippen LogP contribution in [0.25, 0.3) is 0 Å². The van der Waals surface area contributed by atoms with Crippen molar-refractivity contribution in [3.8, 4) is 0 Å². The number of hydrogen-bond donors (Lipinski definition) is 0. The summed E-state index contributed by atoms with van der Waals surface area (Å²) in [6, 6.07) is 6.33. The summed E-state index contributed by atoms with van der Waals surface area (Å²) in [6.45, 7) is 4.15. The van der Waals surface area contributed by atoms with Gasteiger partial charge in [0, 0.05) is 4.90 Å². The summed E-state index contributed by atoms with van der Waals surface area (Å²) in [5.41, 5.74) is 2.47. The molecule has 5 heteroatoms. The van der Waals surface area contributed by atoms with Gasteiger partial charge in [0.25, 0.3) is 0 Å². The molecule has 0 aliphatic carbocycles. The van der Waals surface area contributed by atoms with E-state index in [1.54, 1.807) is 11.8 Å². The van der Waals surface area contributed by atoms with Crippen molar-refractivity contribution < 1.29 is 0 Å². The Hall–Kier alpha value is -0.580. The smallest absolute Gasteiger partial charge is 0.164 e. The fourth-order valence-corrected chi connectivity index (χ4v) is 2.93. The van der Waals surface area contributed by atoms with E-state index in [-0.39, 0.29) is 0 Å². The van der Waals surface area contributed by atoms with Crippen LogP contribution in [0.2, 0.25) is 5.15 Å². The molecule has 0 atom stereocenters. The molecule has 0 aliphatic heterocycles. The fourth-order valence-electron chi connectivity index (χ4n) is 1.15. The van der Waals surface area contributed by atoms with Crippen LogP contribution in [0.4, 0.5) is 0 Å². The molecule has 0 unspecified atom stereocenters. The van der Waals surface area contributed by atoms with E-state index in [2.05, 4.69) is 40.8 Å². The van der Waals surface area contributed by atoms with Crippen molar-refractivity contribution in [2.75, 3.05) is 0 Å². The number of rotatable bonds is 2. The van der Waals surface area contributed by atoms with E-state index in [9.17, 15) is 0 Å². The van der Waals surface area contributed by atoms with Crippen molar-refractivity contribution in [3.63, 3.8) is 0 Å². The lowest BCUT2D eigenvalue weighted by molar-refractivity contribution is 1.22. The Morgan fingerprint density at radius 3 is 2.73 bits per heavy atom. The highest BCUT2D eigenvalue weighted by atomic mass is 35.5. The lowest BCUT2D eigenvalue weighted by atomic mass is 10.2. The van der Waals surface area contributed by atoms with Gasteiger partial charge in [0.05, 0.1) is 11.7 Å². The van der Waals surface area contributed by atoms with Crippen LogP contribution in [0.15, 0.2) is 28.1 Å². The molecule has 15 heavy (non-hydrogen) atoms. The van der Waals surface area contributed by atoms with Gasteiger partial charge in [-0.05, 0) is 31.0 Å². The van der Waals surface area contributed by atoms with Crippen LogP contribution in [-0.4, -0.2) is 8.75 Å². The van der Waals surface area contributed by atoms with Gasteiger partial charge in [-0.1, -0.05) is 35.5 Å². The van der Waals surface area contributed by atoms with Crippen molar-refractivity contribution in [1.82, 2.24) is 8.75 Å². The Kier molecular flexibility index (Phi) is 3.29. The molecule has 2 aromatic rings. The zero-order chi connectivity index (χ0) is 10.8. The number of aromatic nitrogens is 2. The second kappa shape index (κ2) is 4.51. The van der Waals surface area contributed by atoms with Gasteiger partial charge in [-0.3, -0.25) is 0 Å². The average molecular weight is 257 g/mol. The van der Waals surface area contributed by atoms with Gasteiger partial charge in [-0.25, -0.2) is 0 Å². The largest absolute Gasteiger partial charge is 0.177 e. The fraction of sp³-hybridized carbons (Fsp3) is 0.200. The van der Waals surface area contributed by atoms with Gasteiger partial charge in [-0.15, -0.1) is 0 Å². The van der Waals surface area contributed by atoms with Gasteiger partial charge in [0.1, 0.15) is 0 Å². The highest BCUT2D eigenvalue weighted by Crippen LogP contribution is 2.33. The maximum atomic E-state index is 5.90. The lowest BCUT2D eigenvalue weighted by Gasteiger charge is -2.04. The second-order valence-corrected chi connectivity index (χ2v) is 5.15. The van der Waals surface area contributed by atoms with Crippen LogP contribution in [0.1, 0.15) is 11.1 Å². The van der Waals surface area contributed by atoms with Crippen molar-refractivity contribution in [1.29, 1.82) is 0 Å². The third-order valence-electron chi connectivity index (χ3n) is 1.97. The minimum Gasteiger partial charge on any atom is -0.164 e. The molecular formula is C10H9ClN2S2. The number of hydrogen-bond acceptors (Lipinski definition) is 4. The zero-order valence-electron chi connectivity index (χ0n) is 8.32. The third-order valence-corrected chi connectivity index (χ3v) is 4.23. The zero-order valence-corrected chi connectivity index (χ0v) is 10.7. The molecule has 0 aliphatic rings. The monoisotopic (exact) mass is 256 g/mol. The molecule has 2 nitrogen and oxygen atoms in total. The lowest BCUT2D eigenvalue weighted by Crippen LogP contribution is -1.82. The quantitative estimate of drug-likeness (QED) is 0.813. The Bertz CT molecular complexity index is 482. The van der Waals surface area contributed by atoms with Crippen LogP contribution in [-0.2, 0) is 0 Å². The molecular weight excluding hydrogens is 248 g/mol. The molecule has 0 spiro atoms. The van der Waals surface area contributed by atoms with Crippen LogP contribution in [0.5, 0.6) is 0 Å².